The summed E-state index contributed by atoms with van der Waals surface area (Å²) in [6.07, 6.45) is 0. The van der Waals surface area contributed by atoms with Crippen LogP contribution >= 0.6 is 0 Å². The number of benzene rings is 1. The molecule has 100 valence electrons. The summed E-state index contributed by atoms with van der Waals surface area (Å²) in [6.45, 7) is 13.2. The molecule has 0 atom stereocenters. The van der Waals surface area contributed by atoms with Gasteiger partial charge in [0.15, 0.2) is 0 Å². The van der Waals surface area contributed by atoms with Gasteiger partial charge in [-0.05, 0) is 25.1 Å². The van der Waals surface area contributed by atoms with Gasteiger partial charge in [-0.3, -0.25) is 4.90 Å². The molecule has 0 amide bonds. The third kappa shape index (κ3) is 5.99. The molecule has 1 N–H and O–H groups in total. The van der Waals surface area contributed by atoms with Crippen molar-refractivity contribution in [2.75, 3.05) is 13.6 Å². The molecule has 0 spiro atoms. The minimum Gasteiger partial charge on any atom is -0.310 e. The monoisotopic (exact) mass is 246 g/mol. The molecule has 0 aliphatic carbocycles. The molecule has 1 rings (SSSR count). The summed E-state index contributed by atoms with van der Waals surface area (Å²) >= 11 is 0. The first kappa shape index (κ1) is 14.9. The van der Waals surface area contributed by atoms with E-state index in [4.69, 9.17) is 0 Å². The fourth-order valence-corrected chi connectivity index (χ4v) is 1.99. The highest BCUT2D eigenvalue weighted by atomic mass is 15.1. The molecule has 18 heavy (non-hydrogen) atoms. The predicted molar refractivity (Wildman–Crippen MR) is 79.6 cm³/mol. The molecule has 0 bridgehead atoms. The summed E-state index contributed by atoms with van der Waals surface area (Å²) < 4.78 is 0. The summed E-state index contributed by atoms with van der Waals surface area (Å²) in [7, 11) is 2.13. The van der Waals surface area contributed by atoms with E-state index in [1.807, 2.05) is 0 Å². The van der Waals surface area contributed by atoms with Crippen LogP contribution in [0.5, 0.6) is 0 Å². The Labute approximate surface area is 112 Å². The Kier molecular flexibility index (Phi) is 6.10. The van der Waals surface area contributed by atoms with Crippen LogP contribution < -0.4 is 5.32 Å². The molecule has 0 radical (unpaired) electrons. The van der Waals surface area contributed by atoms with E-state index in [-0.39, 0.29) is 0 Å². The van der Waals surface area contributed by atoms with Crippen LogP contribution in [0.25, 0.3) is 0 Å². The molecular formula is C16H26N2. The minimum absolute atomic E-state index is 0.528. The Hall–Kier alpha value is -1.12. The summed E-state index contributed by atoms with van der Waals surface area (Å²) in [6, 6.07) is 9.32. The van der Waals surface area contributed by atoms with Crippen LogP contribution in [0.2, 0.25) is 0 Å². The van der Waals surface area contributed by atoms with Gasteiger partial charge in [0.1, 0.15) is 0 Å². The van der Waals surface area contributed by atoms with Gasteiger partial charge in [-0.15, -0.1) is 0 Å². The smallest absolute Gasteiger partial charge is 0.0234 e. The van der Waals surface area contributed by atoms with E-state index in [0.29, 0.717) is 6.04 Å². The zero-order valence-electron chi connectivity index (χ0n) is 12.2. The molecule has 0 aliphatic heterocycles. The lowest BCUT2D eigenvalue weighted by Gasteiger charge is -2.17. The van der Waals surface area contributed by atoms with Crippen molar-refractivity contribution in [1.82, 2.24) is 10.2 Å². The van der Waals surface area contributed by atoms with Crippen LogP contribution in [0, 0.1) is 0 Å². The lowest BCUT2D eigenvalue weighted by Crippen LogP contribution is -2.22. The highest BCUT2D eigenvalue weighted by Crippen LogP contribution is 2.08. The summed E-state index contributed by atoms with van der Waals surface area (Å²) in [5.41, 5.74) is 3.92. The van der Waals surface area contributed by atoms with Crippen LogP contribution in [-0.2, 0) is 13.1 Å². The van der Waals surface area contributed by atoms with Crippen LogP contribution in [0.1, 0.15) is 31.9 Å². The molecule has 0 saturated heterocycles. The van der Waals surface area contributed by atoms with E-state index < -0.39 is 0 Å². The highest BCUT2D eigenvalue weighted by molar-refractivity contribution is 5.23. The molecule has 2 heteroatoms. The molecule has 0 fully saturated rings. The van der Waals surface area contributed by atoms with Crippen LogP contribution in [0.4, 0.5) is 0 Å². The van der Waals surface area contributed by atoms with Gasteiger partial charge in [-0.2, -0.15) is 0 Å². The lowest BCUT2D eigenvalue weighted by atomic mass is 10.1. The van der Waals surface area contributed by atoms with E-state index in [9.17, 15) is 0 Å². The average molecular weight is 246 g/mol. The van der Waals surface area contributed by atoms with Gasteiger partial charge in [0.25, 0.3) is 0 Å². The SMILES string of the molecule is C=C(C)CN(C)Cc1cccc(CNC(C)C)c1. The lowest BCUT2D eigenvalue weighted by molar-refractivity contribution is 0.355. The number of likely N-dealkylation sites (N-methyl/N-ethyl adjacent to an activating group) is 1. The molecule has 2 nitrogen and oxygen atoms in total. The maximum Gasteiger partial charge on any atom is 0.0234 e. The number of hydrogen-bond donors (Lipinski definition) is 1. The molecule has 0 heterocycles. The van der Waals surface area contributed by atoms with Gasteiger partial charge in [-0.25, -0.2) is 0 Å². The van der Waals surface area contributed by atoms with E-state index >= 15 is 0 Å². The Morgan fingerprint density at radius 1 is 1.33 bits per heavy atom. The van der Waals surface area contributed by atoms with Gasteiger partial charge in [0.2, 0.25) is 0 Å². The third-order valence-electron chi connectivity index (χ3n) is 2.70. The topological polar surface area (TPSA) is 15.3 Å². The number of nitrogens with zero attached hydrogens (tertiary/aromatic N) is 1. The summed E-state index contributed by atoms with van der Waals surface area (Å²) in [5, 5.41) is 3.45. The second-order valence-corrected chi connectivity index (χ2v) is 5.48. The molecular weight excluding hydrogens is 220 g/mol. The van der Waals surface area contributed by atoms with Crippen LogP contribution in [-0.4, -0.2) is 24.5 Å². The van der Waals surface area contributed by atoms with E-state index in [2.05, 4.69) is 68.9 Å². The largest absolute Gasteiger partial charge is 0.310 e. The fourth-order valence-electron chi connectivity index (χ4n) is 1.99. The zero-order valence-corrected chi connectivity index (χ0v) is 12.2. The van der Waals surface area contributed by atoms with E-state index in [0.717, 1.165) is 19.6 Å². The van der Waals surface area contributed by atoms with Crippen molar-refractivity contribution in [2.45, 2.75) is 39.9 Å². The second-order valence-electron chi connectivity index (χ2n) is 5.48. The van der Waals surface area contributed by atoms with Crippen molar-refractivity contribution >= 4 is 0 Å². The molecule has 0 aromatic heterocycles. The predicted octanol–water partition coefficient (Wildman–Crippen LogP) is 3.19. The van der Waals surface area contributed by atoms with Gasteiger partial charge >= 0.3 is 0 Å². The number of hydrogen-bond acceptors (Lipinski definition) is 2. The summed E-state index contributed by atoms with van der Waals surface area (Å²) in [4.78, 5) is 2.29. The average Bonchev–Trinajstić information content (AvgIpc) is 2.25. The molecule has 0 saturated carbocycles. The van der Waals surface area contributed by atoms with Crippen molar-refractivity contribution in [3.63, 3.8) is 0 Å². The first-order valence-electron chi connectivity index (χ1n) is 6.61. The Morgan fingerprint density at radius 2 is 2.00 bits per heavy atom. The minimum atomic E-state index is 0.528. The molecule has 0 aliphatic rings. The maximum atomic E-state index is 3.95. The van der Waals surface area contributed by atoms with Gasteiger partial charge < -0.3 is 5.32 Å². The molecule has 0 unspecified atom stereocenters. The van der Waals surface area contributed by atoms with Crippen molar-refractivity contribution < 1.29 is 0 Å². The van der Waals surface area contributed by atoms with Crippen LogP contribution in [0.3, 0.4) is 0 Å². The Balaban J connectivity index is 2.56. The van der Waals surface area contributed by atoms with Gasteiger partial charge in [0.05, 0.1) is 0 Å². The van der Waals surface area contributed by atoms with E-state index in [1.165, 1.54) is 16.7 Å². The maximum absolute atomic E-state index is 3.95. The number of nitrogens with one attached hydrogen (secondary N) is 1. The highest BCUT2D eigenvalue weighted by Gasteiger charge is 2.02. The quantitative estimate of drug-likeness (QED) is 0.743. The fraction of sp³-hybridized carbons (Fsp3) is 0.500. The van der Waals surface area contributed by atoms with Crippen LogP contribution in [0.15, 0.2) is 36.4 Å². The Bertz CT molecular complexity index is 382. The number of rotatable bonds is 7. The first-order chi connectivity index (χ1) is 8.47. The van der Waals surface area contributed by atoms with Crippen molar-refractivity contribution in [3.8, 4) is 0 Å². The van der Waals surface area contributed by atoms with Gasteiger partial charge in [-0.1, -0.05) is 50.3 Å². The normalized spacial score (nSPS) is 11.2. The Morgan fingerprint density at radius 3 is 2.61 bits per heavy atom. The third-order valence-corrected chi connectivity index (χ3v) is 2.70. The summed E-state index contributed by atoms with van der Waals surface area (Å²) in [5.74, 6) is 0. The standard InChI is InChI=1S/C16H26N2/c1-13(2)11-18(5)12-16-8-6-7-15(9-16)10-17-14(3)4/h6-9,14,17H,1,10-12H2,2-5H3. The van der Waals surface area contributed by atoms with Crippen molar-refractivity contribution in [3.05, 3.63) is 47.5 Å². The molecule has 1 aromatic rings. The van der Waals surface area contributed by atoms with Crippen molar-refractivity contribution in [1.29, 1.82) is 0 Å². The first-order valence-corrected chi connectivity index (χ1v) is 6.61. The van der Waals surface area contributed by atoms with E-state index in [1.54, 1.807) is 0 Å². The second kappa shape index (κ2) is 7.34. The van der Waals surface area contributed by atoms with Gasteiger partial charge in [0, 0.05) is 25.7 Å². The van der Waals surface area contributed by atoms with Crippen molar-refractivity contribution in [2.24, 2.45) is 0 Å². The zero-order chi connectivity index (χ0) is 13.5. The molecule has 1 aromatic carbocycles.